The molecule has 4 nitrogen and oxygen atoms in total. The molecule has 0 aromatic rings. The number of amides is 1. The summed E-state index contributed by atoms with van der Waals surface area (Å²) in [5, 5.41) is 0. The summed E-state index contributed by atoms with van der Waals surface area (Å²) in [4.78, 5) is 14.5. The van der Waals surface area contributed by atoms with Gasteiger partial charge in [-0.05, 0) is 44.4 Å². The molecule has 96 valence electrons. The first kappa shape index (κ1) is 11.5. The van der Waals surface area contributed by atoms with Crippen molar-refractivity contribution in [2.24, 2.45) is 17.6 Å². The van der Waals surface area contributed by atoms with E-state index >= 15 is 0 Å². The Labute approximate surface area is 102 Å². The van der Waals surface area contributed by atoms with Crippen LogP contribution in [0.2, 0.25) is 0 Å². The van der Waals surface area contributed by atoms with Crippen molar-refractivity contribution < 1.29 is 9.53 Å². The van der Waals surface area contributed by atoms with Crippen molar-refractivity contribution in [3.05, 3.63) is 0 Å². The highest BCUT2D eigenvalue weighted by molar-refractivity contribution is 5.85. The van der Waals surface area contributed by atoms with Gasteiger partial charge in [0.05, 0.1) is 0 Å². The molecular formula is C13H22N2O2. The molecule has 0 spiro atoms. The largest absolute Gasteiger partial charge is 0.365 e. The van der Waals surface area contributed by atoms with Crippen LogP contribution in [0.5, 0.6) is 0 Å². The monoisotopic (exact) mass is 238 g/mol. The second kappa shape index (κ2) is 3.95. The van der Waals surface area contributed by atoms with Gasteiger partial charge in [-0.1, -0.05) is 0 Å². The minimum atomic E-state index is -0.555. The van der Waals surface area contributed by atoms with E-state index in [1.54, 1.807) is 0 Å². The van der Waals surface area contributed by atoms with Gasteiger partial charge < -0.3 is 15.4 Å². The van der Waals surface area contributed by atoms with Crippen LogP contribution >= 0.6 is 0 Å². The van der Waals surface area contributed by atoms with E-state index in [2.05, 4.69) is 0 Å². The van der Waals surface area contributed by atoms with Gasteiger partial charge >= 0.3 is 0 Å². The number of carbonyl (C=O) groups is 1. The Bertz CT molecular complexity index is 311. The van der Waals surface area contributed by atoms with E-state index in [0.29, 0.717) is 17.9 Å². The van der Waals surface area contributed by atoms with E-state index in [9.17, 15) is 4.79 Å². The maximum Gasteiger partial charge on any atom is 0.254 e. The lowest BCUT2D eigenvalue weighted by Crippen LogP contribution is -2.55. The van der Waals surface area contributed by atoms with Gasteiger partial charge in [0.1, 0.15) is 5.60 Å². The SMILES string of the molecule is CC1(C(=O)N2C[C@H]3CC[C@@H](C2)C3N)CCCO1. The molecule has 4 heteroatoms. The molecule has 1 aliphatic carbocycles. The van der Waals surface area contributed by atoms with Gasteiger partial charge in [0.15, 0.2) is 0 Å². The average Bonchev–Trinajstić information content (AvgIpc) is 2.81. The molecule has 2 aliphatic heterocycles. The van der Waals surface area contributed by atoms with Crippen molar-refractivity contribution in [2.75, 3.05) is 19.7 Å². The molecule has 2 saturated heterocycles. The number of nitrogens with zero attached hydrogens (tertiary/aromatic N) is 1. The molecule has 3 rings (SSSR count). The topological polar surface area (TPSA) is 55.6 Å². The van der Waals surface area contributed by atoms with Crippen molar-refractivity contribution in [3.8, 4) is 0 Å². The van der Waals surface area contributed by atoms with E-state index in [-0.39, 0.29) is 5.91 Å². The third kappa shape index (κ3) is 1.78. The maximum absolute atomic E-state index is 12.5. The molecule has 2 heterocycles. The zero-order chi connectivity index (χ0) is 12.0. The average molecular weight is 238 g/mol. The minimum Gasteiger partial charge on any atom is -0.365 e. The minimum absolute atomic E-state index is 0.193. The summed E-state index contributed by atoms with van der Waals surface area (Å²) in [6, 6.07) is 0.316. The van der Waals surface area contributed by atoms with Crippen LogP contribution in [0.1, 0.15) is 32.6 Å². The lowest BCUT2D eigenvalue weighted by molar-refractivity contribution is -0.153. The van der Waals surface area contributed by atoms with Gasteiger partial charge in [0.2, 0.25) is 0 Å². The first-order valence-corrected chi connectivity index (χ1v) is 6.79. The van der Waals surface area contributed by atoms with Gasteiger partial charge in [-0.3, -0.25) is 4.79 Å². The third-order valence-electron chi connectivity index (χ3n) is 4.87. The predicted octanol–water partition coefficient (Wildman–Crippen LogP) is 0.751. The molecule has 3 fully saturated rings. The summed E-state index contributed by atoms with van der Waals surface area (Å²) in [6.45, 7) is 4.35. The Balaban J connectivity index is 1.72. The lowest BCUT2D eigenvalue weighted by atomic mass is 9.91. The molecule has 2 bridgehead atoms. The number of rotatable bonds is 1. The van der Waals surface area contributed by atoms with Crippen LogP contribution in [0.15, 0.2) is 0 Å². The Morgan fingerprint density at radius 2 is 2.00 bits per heavy atom. The Kier molecular flexibility index (Phi) is 2.67. The van der Waals surface area contributed by atoms with Gasteiger partial charge in [-0.25, -0.2) is 0 Å². The number of hydrogen-bond acceptors (Lipinski definition) is 3. The number of nitrogens with two attached hydrogens (primary N) is 1. The van der Waals surface area contributed by atoms with Gasteiger partial charge in [-0.2, -0.15) is 0 Å². The molecule has 4 atom stereocenters. The van der Waals surface area contributed by atoms with Crippen molar-refractivity contribution in [3.63, 3.8) is 0 Å². The fourth-order valence-corrected chi connectivity index (χ4v) is 3.71. The second-order valence-electron chi connectivity index (χ2n) is 6.07. The first-order chi connectivity index (χ1) is 8.10. The standard InChI is InChI=1S/C13H22N2O2/c1-13(5-2-6-17-13)12(16)15-7-9-3-4-10(8-15)11(9)14/h9-11H,2-8,14H2,1H3/t9-,10+,11?,13?. The Morgan fingerprint density at radius 1 is 1.35 bits per heavy atom. The normalized spacial score (nSPS) is 45.3. The smallest absolute Gasteiger partial charge is 0.254 e. The van der Waals surface area contributed by atoms with Crippen molar-refractivity contribution in [2.45, 2.75) is 44.2 Å². The lowest BCUT2D eigenvalue weighted by Gasteiger charge is -2.39. The number of likely N-dealkylation sites (tertiary alicyclic amines) is 1. The summed E-state index contributed by atoms with van der Waals surface area (Å²) >= 11 is 0. The van der Waals surface area contributed by atoms with E-state index in [1.807, 2.05) is 11.8 Å². The quantitative estimate of drug-likeness (QED) is 0.733. The van der Waals surface area contributed by atoms with E-state index in [0.717, 1.165) is 32.5 Å². The number of piperidine rings is 1. The molecule has 17 heavy (non-hydrogen) atoms. The van der Waals surface area contributed by atoms with E-state index in [4.69, 9.17) is 10.5 Å². The highest BCUT2D eigenvalue weighted by Gasteiger charge is 2.46. The molecule has 3 aliphatic rings. The molecule has 1 saturated carbocycles. The number of hydrogen-bond donors (Lipinski definition) is 1. The zero-order valence-electron chi connectivity index (χ0n) is 10.5. The zero-order valence-corrected chi connectivity index (χ0v) is 10.5. The van der Waals surface area contributed by atoms with Crippen molar-refractivity contribution in [1.82, 2.24) is 4.90 Å². The highest BCUT2D eigenvalue weighted by atomic mass is 16.5. The van der Waals surface area contributed by atoms with Crippen molar-refractivity contribution in [1.29, 1.82) is 0 Å². The Morgan fingerprint density at radius 3 is 2.53 bits per heavy atom. The molecule has 2 N–H and O–H groups in total. The summed E-state index contributed by atoms with van der Waals surface area (Å²) in [5.74, 6) is 1.23. The summed E-state index contributed by atoms with van der Waals surface area (Å²) in [6.07, 6.45) is 4.24. The van der Waals surface area contributed by atoms with Gasteiger partial charge in [0, 0.05) is 25.7 Å². The van der Waals surface area contributed by atoms with Crippen LogP contribution in [0, 0.1) is 11.8 Å². The van der Waals surface area contributed by atoms with Crippen LogP contribution in [0.25, 0.3) is 0 Å². The number of carbonyl (C=O) groups excluding carboxylic acids is 1. The molecule has 1 amide bonds. The van der Waals surface area contributed by atoms with Gasteiger partial charge in [0.25, 0.3) is 5.91 Å². The highest BCUT2D eigenvalue weighted by Crippen LogP contribution is 2.37. The fourth-order valence-electron chi connectivity index (χ4n) is 3.71. The summed E-state index contributed by atoms with van der Waals surface area (Å²) in [5.41, 5.74) is 5.61. The molecule has 2 unspecified atom stereocenters. The second-order valence-corrected chi connectivity index (χ2v) is 6.07. The van der Waals surface area contributed by atoms with Crippen LogP contribution < -0.4 is 5.73 Å². The van der Waals surface area contributed by atoms with Gasteiger partial charge in [-0.15, -0.1) is 0 Å². The summed E-state index contributed by atoms with van der Waals surface area (Å²) in [7, 11) is 0. The van der Waals surface area contributed by atoms with Crippen LogP contribution in [0.4, 0.5) is 0 Å². The van der Waals surface area contributed by atoms with E-state index in [1.165, 1.54) is 12.8 Å². The molecule has 0 aromatic heterocycles. The van der Waals surface area contributed by atoms with E-state index < -0.39 is 5.60 Å². The first-order valence-electron chi connectivity index (χ1n) is 6.79. The number of fused-ring (bicyclic) bond motifs is 2. The predicted molar refractivity (Wildman–Crippen MR) is 64.4 cm³/mol. The third-order valence-corrected chi connectivity index (χ3v) is 4.87. The van der Waals surface area contributed by atoms with Crippen LogP contribution in [0.3, 0.4) is 0 Å². The van der Waals surface area contributed by atoms with Crippen molar-refractivity contribution >= 4 is 5.91 Å². The molecular weight excluding hydrogens is 216 g/mol. The molecule has 0 radical (unpaired) electrons. The van der Waals surface area contributed by atoms with Crippen LogP contribution in [-0.2, 0) is 9.53 Å². The Hall–Kier alpha value is -0.610. The maximum atomic E-state index is 12.5. The van der Waals surface area contributed by atoms with Crippen LogP contribution in [-0.4, -0.2) is 42.1 Å². The fraction of sp³-hybridized carbons (Fsp3) is 0.923. The molecule has 0 aromatic carbocycles. The summed E-state index contributed by atoms with van der Waals surface area (Å²) < 4.78 is 5.65. The number of ether oxygens (including phenoxy) is 1.